The van der Waals surface area contributed by atoms with Crippen molar-refractivity contribution >= 4 is 10.9 Å². The van der Waals surface area contributed by atoms with Crippen LogP contribution in [0.25, 0.3) is 10.9 Å². The van der Waals surface area contributed by atoms with Crippen molar-refractivity contribution in [1.29, 1.82) is 0 Å². The van der Waals surface area contributed by atoms with Gasteiger partial charge in [0.2, 0.25) is 0 Å². The topological polar surface area (TPSA) is 50.9 Å². The third-order valence-corrected chi connectivity index (χ3v) is 6.56. The van der Waals surface area contributed by atoms with Crippen LogP contribution in [0.4, 0.5) is 0 Å². The van der Waals surface area contributed by atoms with Crippen molar-refractivity contribution in [3.8, 4) is 11.5 Å². The lowest BCUT2D eigenvalue weighted by Crippen LogP contribution is -2.87. The molecule has 3 N–H and O–H groups in total. The maximum absolute atomic E-state index is 6.21. The van der Waals surface area contributed by atoms with Gasteiger partial charge in [0.25, 0.3) is 0 Å². The number of hydrogen-bond acceptors (Lipinski definition) is 2. The zero-order chi connectivity index (χ0) is 21.4. The van der Waals surface area contributed by atoms with Crippen molar-refractivity contribution in [1.82, 2.24) is 4.98 Å². The lowest BCUT2D eigenvalue weighted by molar-refractivity contribution is -0.690. The Morgan fingerprint density at radius 3 is 2.74 bits per heavy atom. The van der Waals surface area contributed by atoms with E-state index in [9.17, 15) is 0 Å². The first-order valence-corrected chi connectivity index (χ1v) is 10.9. The highest BCUT2D eigenvalue weighted by atomic mass is 16.5. The number of quaternary nitrogens is 1. The van der Waals surface area contributed by atoms with Gasteiger partial charge < -0.3 is 19.8 Å². The highest BCUT2D eigenvalue weighted by molar-refractivity contribution is 5.85. The monoisotopic (exact) mass is 413 g/mol. The number of hydrogen-bond donors (Lipinski definition) is 2. The molecule has 158 valence electrons. The summed E-state index contributed by atoms with van der Waals surface area (Å²) in [5.41, 5.74) is 8.75. The van der Waals surface area contributed by atoms with Gasteiger partial charge in [-0.1, -0.05) is 30.3 Å². The van der Waals surface area contributed by atoms with Crippen LogP contribution in [0.1, 0.15) is 39.6 Å². The highest BCUT2D eigenvalue weighted by Gasteiger charge is 2.29. The molecule has 1 atom stereocenters. The number of H-pyrrole nitrogens is 1. The summed E-state index contributed by atoms with van der Waals surface area (Å²) >= 11 is 0. The molecule has 0 saturated heterocycles. The minimum absolute atomic E-state index is 0.251. The number of aryl methyl sites for hydroxylation is 1. The number of fused-ring (bicyclic) bond motifs is 3. The van der Waals surface area contributed by atoms with Gasteiger partial charge in [-0.25, -0.2) is 0 Å². The summed E-state index contributed by atoms with van der Waals surface area (Å²) in [6, 6.07) is 21.5. The number of ether oxygens (including phenoxy) is 2. The molecule has 0 amide bonds. The van der Waals surface area contributed by atoms with Crippen molar-refractivity contribution in [2.24, 2.45) is 0 Å². The van der Waals surface area contributed by atoms with Gasteiger partial charge in [0.05, 0.1) is 19.3 Å². The van der Waals surface area contributed by atoms with E-state index in [4.69, 9.17) is 9.47 Å². The SMILES string of the molecule is COc1ccc([C@H]2[NH2+]CCc3c2[nH]c2ccccc32)cc1COc1cccc(C)c1C. The van der Waals surface area contributed by atoms with Crippen molar-refractivity contribution in [3.63, 3.8) is 0 Å². The van der Waals surface area contributed by atoms with Gasteiger partial charge in [0.1, 0.15) is 18.1 Å². The molecule has 1 aliphatic rings. The lowest BCUT2D eigenvalue weighted by Gasteiger charge is -2.22. The molecular weight excluding hydrogens is 384 g/mol. The number of rotatable bonds is 5. The second-order valence-electron chi connectivity index (χ2n) is 8.37. The Bertz CT molecular complexity index is 1240. The van der Waals surface area contributed by atoms with Gasteiger partial charge in [-0.2, -0.15) is 0 Å². The maximum atomic E-state index is 6.21. The minimum Gasteiger partial charge on any atom is -0.496 e. The molecule has 4 heteroatoms. The minimum atomic E-state index is 0.251. The molecule has 4 nitrogen and oxygen atoms in total. The van der Waals surface area contributed by atoms with E-state index >= 15 is 0 Å². The smallest absolute Gasteiger partial charge is 0.153 e. The van der Waals surface area contributed by atoms with E-state index in [1.165, 1.54) is 38.9 Å². The Labute approximate surface area is 183 Å². The van der Waals surface area contributed by atoms with Crippen molar-refractivity contribution in [3.05, 3.63) is 94.2 Å². The molecule has 3 aromatic carbocycles. The van der Waals surface area contributed by atoms with Crippen LogP contribution in [0.5, 0.6) is 11.5 Å². The summed E-state index contributed by atoms with van der Waals surface area (Å²) in [6.45, 7) is 5.78. The molecule has 2 heterocycles. The molecule has 1 aromatic heterocycles. The number of methoxy groups -OCH3 is 1. The van der Waals surface area contributed by atoms with Crippen LogP contribution in [0, 0.1) is 13.8 Å². The molecule has 0 fully saturated rings. The molecule has 5 rings (SSSR count). The summed E-state index contributed by atoms with van der Waals surface area (Å²) in [6.07, 6.45) is 1.09. The lowest BCUT2D eigenvalue weighted by atomic mass is 9.93. The standard InChI is InChI=1S/C27H28N2O2/c1-17-7-6-10-24(18(17)2)31-16-20-15-19(11-12-25(20)30-3)26-27-22(13-14-28-26)21-8-4-5-9-23(21)29-27/h4-12,15,26,28-29H,13-14,16H2,1-3H3/p+1/t26-/m1/s1. The molecule has 0 unspecified atom stereocenters. The van der Waals surface area contributed by atoms with Crippen molar-refractivity contribution < 1.29 is 14.8 Å². The third-order valence-electron chi connectivity index (χ3n) is 6.56. The first kappa shape index (κ1) is 19.7. The normalized spacial score (nSPS) is 15.6. The summed E-state index contributed by atoms with van der Waals surface area (Å²) < 4.78 is 11.9. The predicted molar refractivity (Wildman–Crippen MR) is 124 cm³/mol. The summed E-state index contributed by atoms with van der Waals surface area (Å²) in [5.74, 6) is 1.79. The Morgan fingerprint density at radius 1 is 1.00 bits per heavy atom. The van der Waals surface area contributed by atoms with E-state index in [0.29, 0.717) is 6.61 Å². The van der Waals surface area contributed by atoms with Gasteiger partial charge in [-0.15, -0.1) is 0 Å². The second-order valence-corrected chi connectivity index (χ2v) is 8.37. The molecule has 0 saturated carbocycles. The van der Waals surface area contributed by atoms with Crippen molar-refractivity contribution in [2.45, 2.75) is 32.9 Å². The summed E-state index contributed by atoms with van der Waals surface area (Å²) in [5, 5.41) is 3.78. The average molecular weight is 414 g/mol. The number of nitrogens with two attached hydrogens (primary N) is 1. The number of para-hydroxylation sites is 1. The van der Waals surface area contributed by atoms with E-state index in [2.05, 4.69) is 72.7 Å². The van der Waals surface area contributed by atoms with Gasteiger partial charge in [-0.05, 0) is 60.9 Å². The van der Waals surface area contributed by atoms with Crippen LogP contribution in [-0.2, 0) is 13.0 Å². The number of aromatic nitrogens is 1. The zero-order valence-corrected chi connectivity index (χ0v) is 18.4. The molecule has 0 bridgehead atoms. The predicted octanol–water partition coefficient (Wildman–Crippen LogP) is 4.58. The molecule has 0 aliphatic carbocycles. The molecule has 0 spiro atoms. The largest absolute Gasteiger partial charge is 0.496 e. The Morgan fingerprint density at radius 2 is 1.87 bits per heavy atom. The van der Waals surface area contributed by atoms with Gasteiger partial charge in [0.15, 0.2) is 6.04 Å². The highest BCUT2D eigenvalue weighted by Crippen LogP contribution is 2.33. The molecule has 1 aliphatic heterocycles. The van der Waals surface area contributed by atoms with Gasteiger partial charge >= 0.3 is 0 Å². The quantitative estimate of drug-likeness (QED) is 0.503. The van der Waals surface area contributed by atoms with Crippen LogP contribution >= 0.6 is 0 Å². The van der Waals surface area contributed by atoms with Crippen LogP contribution in [-0.4, -0.2) is 18.6 Å². The fourth-order valence-electron chi connectivity index (χ4n) is 4.71. The number of benzene rings is 3. The average Bonchev–Trinajstić information content (AvgIpc) is 3.19. The van der Waals surface area contributed by atoms with E-state index in [1.807, 2.05) is 12.1 Å². The van der Waals surface area contributed by atoms with E-state index < -0.39 is 0 Å². The van der Waals surface area contributed by atoms with E-state index in [-0.39, 0.29) is 6.04 Å². The Kier molecular flexibility index (Phi) is 5.16. The molecular formula is C27H29N2O2+. The van der Waals surface area contributed by atoms with Crippen LogP contribution in [0.2, 0.25) is 0 Å². The van der Waals surface area contributed by atoms with Gasteiger partial charge in [-0.3, -0.25) is 0 Å². The third kappa shape index (κ3) is 3.57. The second kappa shape index (κ2) is 8.12. The number of nitrogens with one attached hydrogen (secondary N) is 1. The maximum Gasteiger partial charge on any atom is 0.153 e. The Hall–Kier alpha value is -3.24. The first-order valence-electron chi connectivity index (χ1n) is 10.9. The number of aromatic amines is 1. The summed E-state index contributed by atoms with van der Waals surface area (Å²) in [7, 11) is 1.72. The zero-order valence-electron chi connectivity index (χ0n) is 18.4. The first-order chi connectivity index (χ1) is 15.2. The fraction of sp³-hybridized carbons (Fsp3) is 0.259. The fourth-order valence-corrected chi connectivity index (χ4v) is 4.71. The molecule has 31 heavy (non-hydrogen) atoms. The Balaban J connectivity index is 1.48. The molecule has 0 radical (unpaired) electrons. The van der Waals surface area contributed by atoms with E-state index in [1.54, 1.807) is 7.11 Å². The molecule has 4 aromatic rings. The van der Waals surface area contributed by atoms with Crippen molar-refractivity contribution in [2.75, 3.05) is 13.7 Å². The van der Waals surface area contributed by atoms with Gasteiger partial charge in [0, 0.05) is 28.5 Å². The van der Waals surface area contributed by atoms with Crippen LogP contribution < -0.4 is 14.8 Å². The van der Waals surface area contributed by atoms with Crippen LogP contribution in [0.15, 0.2) is 60.7 Å². The van der Waals surface area contributed by atoms with E-state index in [0.717, 1.165) is 30.0 Å². The summed E-state index contributed by atoms with van der Waals surface area (Å²) in [4.78, 5) is 3.69. The van der Waals surface area contributed by atoms with Crippen LogP contribution in [0.3, 0.4) is 0 Å².